The van der Waals surface area contributed by atoms with Crippen molar-refractivity contribution in [3.05, 3.63) is 59.2 Å². The van der Waals surface area contributed by atoms with E-state index < -0.39 is 10.8 Å². The van der Waals surface area contributed by atoms with E-state index in [9.17, 15) is 9.59 Å². The topological polar surface area (TPSA) is 67.9 Å². The first kappa shape index (κ1) is 19.6. The maximum atomic E-state index is 13.2. The fourth-order valence-corrected chi connectivity index (χ4v) is 5.67. The fourth-order valence-electron chi connectivity index (χ4n) is 4.08. The minimum Gasteiger partial charge on any atom is -0.493 e. The number of carbonyl (C=O) groups excluding carboxylic acids is 2. The summed E-state index contributed by atoms with van der Waals surface area (Å²) in [6.07, 6.45) is 0. The number of benzene rings is 2. The lowest BCUT2D eigenvalue weighted by atomic mass is 10.0. The van der Waals surface area contributed by atoms with Crippen LogP contribution in [0.25, 0.3) is 0 Å². The zero-order valence-corrected chi connectivity index (χ0v) is 17.7. The van der Waals surface area contributed by atoms with Gasteiger partial charge in [0.2, 0.25) is 5.91 Å². The van der Waals surface area contributed by atoms with Crippen LogP contribution < -0.4 is 14.8 Å². The Kier molecular flexibility index (Phi) is 4.94. The van der Waals surface area contributed by atoms with Gasteiger partial charge in [-0.1, -0.05) is 24.3 Å². The number of methoxy groups -OCH3 is 2. The third kappa shape index (κ3) is 3.23. The van der Waals surface area contributed by atoms with Crippen LogP contribution in [0, 0.1) is 0 Å². The Hall–Kier alpha value is -2.67. The summed E-state index contributed by atoms with van der Waals surface area (Å²) in [7, 11) is 3.16. The van der Waals surface area contributed by atoms with Gasteiger partial charge in [-0.25, -0.2) is 0 Å². The molecule has 2 aromatic rings. The van der Waals surface area contributed by atoms with Crippen molar-refractivity contribution in [3.8, 4) is 11.5 Å². The Morgan fingerprint density at radius 3 is 2.59 bits per heavy atom. The van der Waals surface area contributed by atoms with E-state index in [4.69, 9.17) is 9.47 Å². The molecule has 0 saturated carbocycles. The molecule has 1 fully saturated rings. The van der Waals surface area contributed by atoms with Crippen LogP contribution in [0.5, 0.6) is 11.5 Å². The van der Waals surface area contributed by atoms with Gasteiger partial charge in [-0.2, -0.15) is 0 Å². The molecule has 152 valence electrons. The highest BCUT2D eigenvalue weighted by atomic mass is 32.2. The molecule has 29 heavy (non-hydrogen) atoms. The Balaban J connectivity index is 1.54. The lowest BCUT2D eigenvalue weighted by Gasteiger charge is -2.29. The van der Waals surface area contributed by atoms with E-state index in [1.807, 2.05) is 56.3 Å². The standard InChI is InChI=1S/C22H24N2O4S/c1-22(2)18(24-20(26)14-7-5-6-8-15(14)21(24)29-22)19(25)23-12-13-9-10-16(27-3)17(11-13)28-4/h5-11,18,21H,12H2,1-4H3,(H,23,25)/t18-,21-/m1/s1. The van der Waals surface area contributed by atoms with Gasteiger partial charge in [-0.05, 0) is 43.2 Å². The maximum Gasteiger partial charge on any atom is 0.256 e. The third-order valence-corrected chi connectivity index (χ3v) is 6.99. The predicted octanol–water partition coefficient (Wildman–Crippen LogP) is 3.37. The normalized spacial score (nSPS) is 21.5. The van der Waals surface area contributed by atoms with Crippen LogP contribution in [-0.4, -0.2) is 41.7 Å². The van der Waals surface area contributed by atoms with Crippen LogP contribution in [0.15, 0.2) is 42.5 Å². The van der Waals surface area contributed by atoms with Crippen molar-refractivity contribution >= 4 is 23.6 Å². The van der Waals surface area contributed by atoms with Crippen LogP contribution in [0.2, 0.25) is 0 Å². The number of fused-ring (bicyclic) bond motifs is 3. The van der Waals surface area contributed by atoms with Crippen molar-refractivity contribution in [1.82, 2.24) is 10.2 Å². The van der Waals surface area contributed by atoms with E-state index in [2.05, 4.69) is 5.32 Å². The van der Waals surface area contributed by atoms with Gasteiger partial charge in [0.15, 0.2) is 11.5 Å². The highest BCUT2D eigenvalue weighted by molar-refractivity contribution is 8.01. The lowest BCUT2D eigenvalue weighted by molar-refractivity contribution is -0.126. The molecule has 0 unspecified atom stereocenters. The molecule has 0 radical (unpaired) electrons. The summed E-state index contributed by atoms with van der Waals surface area (Å²) in [5.74, 6) is 1.02. The van der Waals surface area contributed by atoms with E-state index in [0.29, 0.717) is 23.6 Å². The molecular formula is C22H24N2O4S. The van der Waals surface area contributed by atoms with Gasteiger partial charge in [-0.15, -0.1) is 11.8 Å². The quantitative estimate of drug-likeness (QED) is 0.816. The summed E-state index contributed by atoms with van der Waals surface area (Å²) >= 11 is 1.66. The summed E-state index contributed by atoms with van der Waals surface area (Å²) in [5, 5.41) is 2.88. The first-order valence-corrected chi connectivity index (χ1v) is 10.3. The number of hydrogen-bond acceptors (Lipinski definition) is 5. The SMILES string of the molecule is COc1ccc(CNC(=O)[C@H]2N3C(=O)c4ccccc4[C@H]3SC2(C)C)cc1OC. The molecule has 2 aliphatic rings. The van der Waals surface area contributed by atoms with E-state index in [0.717, 1.165) is 11.1 Å². The molecule has 1 N–H and O–H groups in total. The van der Waals surface area contributed by atoms with E-state index >= 15 is 0 Å². The Labute approximate surface area is 174 Å². The van der Waals surface area contributed by atoms with Crippen LogP contribution in [0.3, 0.4) is 0 Å². The van der Waals surface area contributed by atoms with Crippen molar-refractivity contribution in [3.63, 3.8) is 0 Å². The maximum absolute atomic E-state index is 13.2. The van der Waals surface area contributed by atoms with Crippen molar-refractivity contribution in [1.29, 1.82) is 0 Å². The van der Waals surface area contributed by atoms with Crippen molar-refractivity contribution in [2.24, 2.45) is 0 Å². The monoisotopic (exact) mass is 412 g/mol. The smallest absolute Gasteiger partial charge is 0.256 e. The Morgan fingerprint density at radius 2 is 1.86 bits per heavy atom. The molecule has 2 aliphatic heterocycles. The third-order valence-electron chi connectivity index (χ3n) is 5.46. The summed E-state index contributed by atoms with van der Waals surface area (Å²) in [4.78, 5) is 27.9. The van der Waals surface area contributed by atoms with Crippen LogP contribution in [0.1, 0.15) is 40.7 Å². The zero-order chi connectivity index (χ0) is 20.8. The summed E-state index contributed by atoms with van der Waals surface area (Å²) in [6, 6.07) is 12.6. The molecule has 2 aromatic carbocycles. The molecule has 6 nitrogen and oxygen atoms in total. The zero-order valence-electron chi connectivity index (χ0n) is 16.9. The molecule has 0 aliphatic carbocycles. The van der Waals surface area contributed by atoms with Gasteiger partial charge in [0, 0.05) is 16.9 Å². The van der Waals surface area contributed by atoms with Crippen molar-refractivity contribution in [2.75, 3.05) is 14.2 Å². The van der Waals surface area contributed by atoms with Gasteiger partial charge in [0.05, 0.1) is 14.2 Å². The second-order valence-electron chi connectivity index (χ2n) is 7.68. The summed E-state index contributed by atoms with van der Waals surface area (Å²) < 4.78 is 10.2. The molecule has 4 rings (SSSR count). The molecule has 0 bridgehead atoms. The number of ether oxygens (including phenoxy) is 2. The fraction of sp³-hybridized carbons (Fsp3) is 0.364. The molecule has 2 amide bonds. The average molecular weight is 413 g/mol. The molecule has 2 heterocycles. The number of amides is 2. The van der Waals surface area contributed by atoms with Crippen molar-refractivity contribution in [2.45, 2.75) is 36.6 Å². The molecule has 2 atom stereocenters. The lowest BCUT2D eigenvalue weighted by Crippen LogP contribution is -2.52. The first-order chi connectivity index (χ1) is 13.9. The minimum atomic E-state index is -0.544. The number of nitrogens with zero attached hydrogens (tertiary/aromatic N) is 1. The Morgan fingerprint density at radius 1 is 1.14 bits per heavy atom. The van der Waals surface area contributed by atoms with Crippen LogP contribution >= 0.6 is 11.8 Å². The van der Waals surface area contributed by atoms with Gasteiger partial charge in [0.25, 0.3) is 5.91 Å². The van der Waals surface area contributed by atoms with Crippen LogP contribution in [0.4, 0.5) is 0 Å². The van der Waals surface area contributed by atoms with Crippen molar-refractivity contribution < 1.29 is 19.1 Å². The summed E-state index contributed by atoms with van der Waals surface area (Å²) in [5.41, 5.74) is 2.58. The number of thioether (sulfide) groups is 1. The summed E-state index contributed by atoms with van der Waals surface area (Å²) in [6.45, 7) is 4.38. The predicted molar refractivity (Wildman–Crippen MR) is 112 cm³/mol. The van der Waals surface area contributed by atoms with Gasteiger partial charge in [-0.3, -0.25) is 9.59 Å². The Bertz CT molecular complexity index is 975. The molecule has 7 heteroatoms. The van der Waals surface area contributed by atoms with Crippen LogP contribution in [-0.2, 0) is 11.3 Å². The second kappa shape index (κ2) is 7.30. The second-order valence-corrected chi connectivity index (χ2v) is 9.42. The molecule has 0 spiro atoms. The number of nitrogens with one attached hydrogen (secondary N) is 1. The highest BCUT2D eigenvalue weighted by Gasteiger charge is 2.57. The van der Waals surface area contributed by atoms with E-state index in [1.54, 1.807) is 30.9 Å². The van der Waals surface area contributed by atoms with Gasteiger partial charge >= 0.3 is 0 Å². The largest absolute Gasteiger partial charge is 0.493 e. The van der Waals surface area contributed by atoms with Gasteiger partial charge < -0.3 is 19.7 Å². The first-order valence-electron chi connectivity index (χ1n) is 9.45. The van der Waals surface area contributed by atoms with E-state index in [1.165, 1.54) is 0 Å². The molecule has 0 aromatic heterocycles. The average Bonchev–Trinajstić information content (AvgIpc) is 3.15. The van der Waals surface area contributed by atoms with E-state index in [-0.39, 0.29) is 17.2 Å². The number of hydrogen-bond donors (Lipinski definition) is 1. The molecular weight excluding hydrogens is 388 g/mol. The highest BCUT2D eigenvalue weighted by Crippen LogP contribution is 2.56. The number of carbonyl (C=O) groups is 2. The minimum absolute atomic E-state index is 0.0741. The van der Waals surface area contributed by atoms with Gasteiger partial charge in [0.1, 0.15) is 11.4 Å². The number of rotatable bonds is 5. The molecule has 1 saturated heterocycles.